The molecule has 2 amide bonds. The van der Waals surface area contributed by atoms with Crippen molar-refractivity contribution >= 4 is 28.1 Å². The van der Waals surface area contributed by atoms with Crippen LogP contribution in [0.1, 0.15) is 44.4 Å². The molecule has 0 N–H and O–H groups in total. The van der Waals surface area contributed by atoms with Gasteiger partial charge < -0.3 is 19.3 Å². The van der Waals surface area contributed by atoms with E-state index in [1.165, 1.54) is 34.1 Å². The fourth-order valence-corrected chi connectivity index (χ4v) is 4.44. The number of alkyl halides is 3. The largest absolute Gasteiger partial charge is 0.416 e. The van der Waals surface area contributed by atoms with Crippen LogP contribution in [0.25, 0.3) is 6.08 Å². The van der Waals surface area contributed by atoms with Crippen molar-refractivity contribution in [3.8, 4) is 11.5 Å². The molecule has 208 valence electrons. The van der Waals surface area contributed by atoms with Gasteiger partial charge in [-0.3, -0.25) is 0 Å². The van der Waals surface area contributed by atoms with E-state index in [1.807, 2.05) is 0 Å². The summed E-state index contributed by atoms with van der Waals surface area (Å²) < 4.78 is 74.2. The second kappa shape index (κ2) is 13.3. The number of rotatable bonds is 10. The number of hydrogen-bond acceptors (Lipinski definition) is 6. The Bertz CT molecular complexity index is 1240. The van der Waals surface area contributed by atoms with Gasteiger partial charge in [-0.1, -0.05) is 18.2 Å². The molecule has 0 aliphatic rings. The van der Waals surface area contributed by atoms with Crippen molar-refractivity contribution in [2.24, 2.45) is 0 Å². The van der Waals surface area contributed by atoms with Gasteiger partial charge in [0.1, 0.15) is 0 Å². The quantitative estimate of drug-likeness (QED) is 0.358. The summed E-state index contributed by atoms with van der Waals surface area (Å²) in [4.78, 5) is 27.8. The normalized spacial score (nSPS) is 11.9. The van der Waals surface area contributed by atoms with Crippen molar-refractivity contribution in [3.63, 3.8) is 0 Å². The predicted octanol–water partition coefficient (Wildman–Crippen LogP) is 5.97. The zero-order valence-electron chi connectivity index (χ0n) is 21.6. The Balaban J connectivity index is 2.30. The molecule has 0 heterocycles. The minimum Gasteiger partial charge on any atom is -0.406 e. The van der Waals surface area contributed by atoms with Crippen LogP contribution >= 0.6 is 0 Å². The molecule has 2 aromatic rings. The molecule has 2 aromatic carbocycles. The summed E-state index contributed by atoms with van der Waals surface area (Å²) in [5, 5.41) is 0.914. The molecule has 0 saturated heterocycles. The summed E-state index contributed by atoms with van der Waals surface area (Å²) in [5.41, 5.74) is -0.358. The Morgan fingerprint density at radius 3 is 1.79 bits per heavy atom. The molecular weight excluding hydrogens is 525 g/mol. The van der Waals surface area contributed by atoms with Gasteiger partial charge >= 0.3 is 18.4 Å². The Morgan fingerprint density at radius 2 is 1.32 bits per heavy atom. The number of carbonyl (C=O) groups excluding carboxylic acids is 2. The molecule has 8 nitrogen and oxygen atoms in total. The predicted molar refractivity (Wildman–Crippen MR) is 137 cm³/mol. The van der Waals surface area contributed by atoms with Crippen LogP contribution < -0.4 is 9.47 Å². The number of benzene rings is 2. The molecule has 0 radical (unpaired) electrons. The van der Waals surface area contributed by atoms with Crippen LogP contribution in [0.3, 0.4) is 0 Å². The molecule has 12 heteroatoms. The van der Waals surface area contributed by atoms with Crippen LogP contribution in [0.4, 0.5) is 22.8 Å². The van der Waals surface area contributed by atoms with Gasteiger partial charge in [0.2, 0.25) is 0 Å². The molecule has 0 unspecified atom stereocenters. The SMILES string of the molecule is CCN(CC)C(=O)Oc1ccc(/C=C/S(=O)(=O)Cc2ccc(C(F)(F)F)cc2)cc1OC(=O)N(CC)CC. The molecule has 0 fully saturated rings. The molecule has 0 spiro atoms. The second-order valence-electron chi connectivity index (χ2n) is 8.09. The molecular formula is C26H31F3N2O6S. The van der Waals surface area contributed by atoms with Crippen LogP contribution in [0.15, 0.2) is 47.9 Å². The maximum Gasteiger partial charge on any atom is 0.416 e. The van der Waals surface area contributed by atoms with Gasteiger partial charge in [0.15, 0.2) is 21.3 Å². The monoisotopic (exact) mass is 556 g/mol. The van der Waals surface area contributed by atoms with E-state index in [9.17, 15) is 31.2 Å². The zero-order valence-corrected chi connectivity index (χ0v) is 22.4. The van der Waals surface area contributed by atoms with Crippen LogP contribution in [-0.2, 0) is 21.8 Å². The third kappa shape index (κ3) is 8.79. The number of amides is 2. The molecule has 0 bridgehead atoms. The maximum absolute atomic E-state index is 12.7. The highest BCUT2D eigenvalue weighted by Crippen LogP contribution is 2.31. The van der Waals surface area contributed by atoms with Crippen molar-refractivity contribution < 1.29 is 40.7 Å². The van der Waals surface area contributed by atoms with Gasteiger partial charge in [0, 0.05) is 31.6 Å². The number of ether oxygens (including phenoxy) is 2. The van der Waals surface area contributed by atoms with E-state index in [1.54, 1.807) is 27.7 Å². The number of sulfone groups is 1. The highest BCUT2D eigenvalue weighted by molar-refractivity contribution is 7.93. The Hall–Kier alpha value is -3.54. The van der Waals surface area contributed by atoms with E-state index in [-0.39, 0.29) is 17.1 Å². The van der Waals surface area contributed by atoms with Crippen molar-refractivity contribution in [2.45, 2.75) is 39.6 Å². The van der Waals surface area contributed by atoms with Crippen LogP contribution in [0, 0.1) is 0 Å². The fraction of sp³-hybridized carbons (Fsp3) is 0.385. The Morgan fingerprint density at radius 1 is 0.816 bits per heavy atom. The van der Waals surface area contributed by atoms with Crippen molar-refractivity contribution in [3.05, 3.63) is 64.6 Å². The van der Waals surface area contributed by atoms with Gasteiger partial charge in [-0.2, -0.15) is 13.2 Å². The number of carbonyl (C=O) groups is 2. The van der Waals surface area contributed by atoms with E-state index in [0.29, 0.717) is 31.7 Å². The van der Waals surface area contributed by atoms with E-state index in [4.69, 9.17) is 9.47 Å². The van der Waals surface area contributed by atoms with E-state index in [0.717, 1.165) is 29.7 Å². The van der Waals surface area contributed by atoms with Crippen molar-refractivity contribution in [1.29, 1.82) is 0 Å². The molecule has 0 aliphatic carbocycles. The first kappa shape index (κ1) is 30.7. The molecule has 0 atom stereocenters. The Labute approximate surface area is 220 Å². The van der Waals surface area contributed by atoms with E-state index >= 15 is 0 Å². The summed E-state index contributed by atoms with van der Waals surface area (Å²) in [7, 11) is -3.86. The minimum absolute atomic E-state index is 0.0211. The second-order valence-corrected chi connectivity index (χ2v) is 9.98. The molecule has 0 saturated carbocycles. The molecule has 0 aliphatic heterocycles. The Kier molecular flexibility index (Phi) is 10.7. The summed E-state index contributed by atoms with van der Waals surface area (Å²) in [6, 6.07) is 8.08. The van der Waals surface area contributed by atoms with E-state index < -0.39 is 39.5 Å². The van der Waals surface area contributed by atoms with Gasteiger partial charge in [-0.15, -0.1) is 0 Å². The van der Waals surface area contributed by atoms with Crippen molar-refractivity contribution in [2.75, 3.05) is 26.2 Å². The number of halogens is 3. The van der Waals surface area contributed by atoms with Gasteiger partial charge in [0.05, 0.1) is 11.3 Å². The standard InChI is InChI=1S/C26H31F3N2O6S/c1-5-30(6-2)24(32)36-22-14-11-19(17-23(22)37-25(33)31(7-3)8-4)15-16-38(34,35)18-20-9-12-21(13-10-20)26(27,28)29/h9-17H,5-8,18H2,1-4H3/b16-15+. The third-order valence-corrected chi connectivity index (χ3v) is 6.81. The number of hydrogen-bond donors (Lipinski definition) is 0. The highest BCUT2D eigenvalue weighted by Gasteiger charge is 2.30. The minimum atomic E-state index is -4.52. The lowest BCUT2D eigenvalue weighted by atomic mass is 10.1. The lowest BCUT2D eigenvalue weighted by Gasteiger charge is -2.21. The zero-order chi connectivity index (χ0) is 28.5. The van der Waals surface area contributed by atoms with Crippen LogP contribution in [0.2, 0.25) is 0 Å². The first-order valence-electron chi connectivity index (χ1n) is 12.0. The van der Waals surface area contributed by atoms with Gasteiger partial charge in [-0.25, -0.2) is 18.0 Å². The summed E-state index contributed by atoms with van der Waals surface area (Å²) in [6.07, 6.45) is -4.58. The number of nitrogens with zero attached hydrogens (tertiary/aromatic N) is 2. The smallest absolute Gasteiger partial charge is 0.406 e. The van der Waals surface area contributed by atoms with Gasteiger partial charge in [0.25, 0.3) is 0 Å². The first-order chi connectivity index (χ1) is 17.8. The fourth-order valence-electron chi connectivity index (χ4n) is 3.33. The highest BCUT2D eigenvalue weighted by atomic mass is 32.2. The summed E-state index contributed by atoms with van der Waals surface area (Å²) in [6.45, 7) is 8.68. The molecule has 2 rings (SSSR count). The average Bonchev–Trinajstić information content (AvgIpc) is 2.85. The average molecular weight is 557 g/mol. The third-order valence-electron chi connectivity index (χ3n) is 5.52. The lowest BCUT2D eigenvalue weighted by Crippen LogP contribution is -2.34. The first-order valence-corrected chi connectivity index (χ1v) is 13.7. The van der Waals surface area contributed by atoms with Crippen molar-refractivity contribution in [1.82, 2.24) is 9.80 Å². The topological polar surface area (TPSA) is 93.2 Å². The maximum atomic E-state index is 12.7. The van der Waals surface area contributed by atoms with Crippen LogP contribution in [-0.4, -0.2) is 56.6 Å². The lowest BCUT2D eigenvalue weighted by molar-refractivity contribution is -0.137. The van der Waals surface area contributed by atoms with E-state index in [2.05, 4.69) is 0 Å². The summed E-state index contributed by atoms with van der Waals surface area (Å²) in [5.74, 6) is -0.609. The van der Waals surface area contributed by atoms with Gasteiger partial charge in [-0.05, 0) is 69.2 Å². The summed E-state index contributed by atoms with van der Waals surface area (Å²) >= 11 is 0. The molecule has 38 heavy (non-hydrogen) atoms. The molecule has 0 aromatic heterocycles. The van der Waals surface area contributed by atoms with Crippen LogP contribution in [0.5, 0.6) is 11.5 Å².